The van der Waals surface area contributed by atoms with Crippen LogP contribution in [0.5, 0.6) is 0 Å². The SMILES string of the molecule is Nc1c(Cl)ncnc1N1CCCC(Nc2ccc3[nH]ncc3c2)C1. The van der Waals surface area contributed by atoms with E-state index in [1.165, 1.54) is 6.33 Å². The van der Waals surface area contributed by atoms with Crippen molar-refractivity contribution in [2.24, 2.45) is 0 Å². The van der Waals surface area contributed by atoms with Gasteiger partial charge in [-0.25, -0.2) is 9.97 Å². The number of fused-ring (bicyclic) bond motifs is 1. The molecule has 4 rings (SSSR count). The van der Waals surface area contributed by atoms with E-state index in [9.17, 15) is 0 Å². The van der Waals surface area contributed by atoms with Crippen molar-refractivity contribution in [2.75, 3.05) is 29.0 Å². The molecule has 1 aliphatic heterocycles. The van der Waals surface area contributed by atoms with Gasteiger partial charge in [-0.15, -0.1) is 0 Å². The number of hydrogen-bond donors (Lipinski definition) is 3. The third-order valence-electron chi connectivity index (χ3n) is 4.35. The number of aromatic nitrogens is 4. The Labute approximate surface area is 144 Å². The molecule has 1 saturated heterocycles. The van der Waals surface area contributed by atoms with Gasteiger partial charge in [0.2, 0.25) is 0 Å². The van der Waals surface area contributed by atoms with Gasteiger partial charge >= 0.3 is 0 Å². The Bertz CT molecular complexity index is 863. The van der Waals surface area contributed by atoms with Crippen LogP contribution >= 0.6 is 11.6 Å². The smallest absolute Gasteiger partial charge is 0.157 e. The number of nitrogen functional groups attached to an aromatic ring is 1. The minimum absolute atomic E-state index is 0.306. The summed E-state index contributed by atoms with van der Waals surface area (Å²) in [4.78, 5) is 10.4. The van der Waals surface area contributed by atoms with Crippen LogP contribution in [-0.2, 0) is 0 Å². The number of rotatable bonds is 3. The van der Waals surface area contributed by atoms with Crippen LogP contribution in [0.1, 0.15) is 12.8 Å². The molecule has 1 fully saturated rings. The molecule has 4 N–H and O–H groups in total. The molecule has 24 heavy (non-hydrogen) atoms. The van der Waals surface area contributed by atoms with Gasteiger partial charge in [0, 0.05) is 30.2 Å². The maximum atomic E-state index is 6.03. The first-order valence-corrected chi connectivity index (χ1v) is 8.29. The maximum Gasteiger partial charge on any atom is 0.157 e. The van der Waals surface area contributed by atoms with E-state index in [4.69, 9.17) is 17.3 Å². The predicted molar refractivity (Wildman–Crippen MR) is 96.4 cm³/mol. The van der Waals surface area contributed by atoms with Crippen molar-refractivity contribution in [1.29, 1.82) is 0 Å². The van der Waals surface area contributed by atoms with Crippen molar-refractivity contribution >= 4 is 39.7 Å². The minimum atomic E-state index is 0.306. The molecule has 1 aliphatic rings. The largest absolute Gasteiger partial charge is 0.393 e. The van der Waals surface area contributed by atoms with Crippen LogP contribution in [0.3, 0.4) is 0 Å². The molecule has 2 aromatic heterocycles. The van der Waals surface area contributed by atoms with Crippen molar-refractivity contribution in [3.05, 3.63) is 35.9 Å². The molecule has 0 amide bonds. The zero-order valence-corrected chi connectivity index (χ0v) is 13.8. The van der Waals surface area contributed by atoms with Gasteiger partial charge in [0.25, 0.3) is 0 Å². The van der Waals surface area contributed by atoms with Crippen molar-refractivity contribution in [3.8, 4) is 0 Å². The molecule has 3 aromatic rings. The molecule has 124 valence electrons. The van der Waals surface area contributed by atoms with Crippen LogP contribution in [0.2, 0.25) is 5.15 Å². The van der Waals surface area contributed by atoms with E-state index in [0.717, 1.165) is 42.5 Å². The number of piperidine rings is 1. The molecule has 7 nitrogen and oxygen atoms in total. The Kier molecular flexibility index (Phi) is 3.86. The maximum absolute atomic E-state index is 6.03. The first-order chi connectivity index (χ1) is 11.7. The second kappa shape index (κ2) is 6.16. The molecule has 3 heterocycles. The summed E-state index contributed by atoms with van der Waals surface area (Å²) in [5.74, 6) is 0.715. The molecule has 0 aliphatic carbocycles. The number of aromatic amines is 1. The van der Waals surface area contributed by atoms with Gasteiger partial charge < -0.3 is 16.0 Å². The van der Waals surface area contributed by atoms with E-state index in [1.54, 1.807) is 0 Å². The van der Waals surface area contributed by atoms with Gasteiger partial charge in [-0.05, 0) is 31.0 Å². The van der Waals surface area contributed by atoms with Crippen LogP contribution in [0.15, 0.2) is 30.7 Å². The fraction of sp³-hybridized carbons (Fsp3) is 0.312. The van der Waals surface area contributed by atoms with Gasteiger partial charge in [0.05, 0.1) is 11.7 Å². The highest BCUT2D eigenvalue weighted by Gasteiger charge is 2.23. The van der Waals surface area contributed by atoms with Crippen molar-refractivity contribution in [2.45, 2.75) is 18.9 Å². The molecule has 1 atom stereocenters. The highest BCUT2D eigenvalue weighted by atomic mass is 35.5. The second-order valence-electron chi connectivity index (χ2n) is 6.00. The summed E-state index contributed by atoms with van der Waals surface area (Å²) in [5.41, 5.74) is 8.60. The second-order valence-corrected chi connectivity index (χ2v) is 6.36. The van der Waals surface area contributed by atoms with E-state index in [2.05, 4.69) is 42.5 Å². The number of hydrogen-bond acceptors (Lipinski definition) is 6. The summed E-state index contributed by atoms with van der Waals surface area (Å²) in [7, 11) is 0. The Morgan fingerprint density at radius 3 is 3.17 bits per heavy atom. The zero-order valence-electron chi connectivity index (χ0n) is 13.0. The third kappa shape index (κ3) is 2.82. The van der Waals surface area contributed by atoms with Gasteiger partial charge in [-0.2, -0.15) is 5.10 Å². The molecular formula is C16H18ClN7. The topological polar surface area (TPSA) is 95.7 Å². The summed E-state index contributed by atoms with van der Waals surface area (Å²) in [5, 5.41) is 12.0. The lowest BCUT2D eigenvalue weighted by Crippen LogP contribution is -2.42. The van der Waals surface area contributed by atoms with Gasteiger partial charge in [0.1, 0.15) is 12.0 Å². The number of benzene rings is 1. The fourth-order valence-electron chi connectivity index (χ4n) is 3.17. The summed E-state index contributed by atoms with van der Waals surface area (Å²) >= 11 is 6.02. The quantitative estimate of drug-likeness (QED) is 0.633. The zero-order chi connectivity index (χ0) is 16.5. The molecule has 0 saturated carbocycles. The van der Waals surface area contributed by atoms with Crippen molar-refractivity contribution < 1.29 is 0 Å². The van der Waals surface area contributed by atoms with E-state index in [-0.39, 0.29) is 0 Å². The molecule has 8 heteroatoms. The minimum Gasteiger partial charge on any atom is -0.393 e. The predicted octanol–water partition coefficient (Wildman–Crippen LogP) is 2.67. The first-order valence-electron chi connectivity index (χ1n) is 7.91. The Hall–Kier alpha value is -2.54. The lowest BCUT2D eigenvalue weighted by molar-refractivity contribution is 0.527. The molecule has 0 spiro atoms. The number of anilines is 3. The average Bonchev–Trinajstić information content (AvgIpc) is 3.05. The molecular weight excluding hydrogens is 326 g/mol. The van der Waals surface area contributed by atoms with Crippen LogP contribution in [0.25, 0.3) is 10.9 Å². The van der Waals surface area contributed by atoms with E-state index in [0.29, 0.717) is 22.7 Å². The fourth-order valence-corrected chi connectivity index (χ4v) is 3.30. The summed E-state index contributed by atoms with van der Waals surface area (Å²) in [6, 6.07) is 6.52. The monoisotopic (exact) mass is 343 g/mol. The van der Waals surface area contributed by atoms with Crippen molar-refractivity contribution in [1.82, 2.24) is 20.2 Å². The summed E-state index contributed by atoms with van der Waals surface area (Å²) in [6.45, 7) is 1.73. The van der Waals surface area contributed by atoms with Gasteiger partial charge in [-0.3, -0.25) is 5.10 Å². The van der Waals surface area contributed by atoms with Gasteiger partial charge in [0.15, 0.2) is 11.0 Å². The normalized spacial score (nSPS) is 18.0. The Morgan fingerprint density at radius 2 is 2.25 bits per heavy atom. The Balaban J connectivity index is 1.51. The number of nitrogens with two attached hydrogens (primary N) is 1. The average molecular weight is 344 g/mol. The lowest BCUT2D eigenvalue weighted by atomic mass is 10.0. The number of nitrogens with one attached hydrogen (secondary N) is 2. The number of halogens is 1. The standard InChI is InChI=1S/C16H18ClN7/c17-15-14(18)16(20-9-19-15)24-5-1-2-12(8-24)22-11-3-4-13-10(6-11)7-21-23-13/h3-4,6-7,9,12,22H,1-2,5,8,18H2,(H,21,23). The van der Waals surface area contributed by atoms with Crippen molar-refractivity contribution in [3.63, 3.8) is 0 Å². The highest BCUT2D eigenvalue weighted by Crippen LogP contribution is 2.29. The first kappa shape index (κ1) is 15.0. The molecule has 0 radical (unpaired) electrons. The van der Waals surface area contributed by atoms with Gasteiger partial charge in [-0.1, -0.05) is 11.6 Å². The van der Waals surface area contributed by atoms with Crippen LogP contribution in [0.4, 0.5) is 17.2 Å². The third-order valence-corrected chi connectivity index (χ3v) is 4.65. The van der Waals surface area contributed by atoms with Crippen LogP contribution in [-0.4, -0.2) is 39.3 Å². The highest BCUT2D eigenvalue weighted by molar-refractivity contribution is 6.32. The van der Waals surface area contributed by atoms with Crippen LogP contribution < -0.4 is 16.0 Å². The summed E-state index contributed by atoms with van der Waals surface area (Å²) in [6.07, 6.45) is 5.44. The van der Waals surface area contributed by atoms with Crippen LogP contribution in [0, 0.1) is 0 Å². The molecule has 1 aromatic carbocycles. The molecule has 0 bridgehead atoms. The number of H-pyrrole nitrogens is 1. The van der Waals surface area contributed by atoms with E-state index in [1.807, 2.05) is 12.3 Å². The Morgan fingerprint density at radius 1 is 1.33 bits per heavy atom. The van der Waals surface area contributed by atoms with E-state index >= 15 is 0 Å². The summed E-state index contributed by atoms with van der Waals surface area (Å²) < 4.78 is 0. The number of nitrogens with zero attached hydrogens (tertiary/aromatic N) is 4. The molecule has 1 unspecified atom stereocenters. The van der Waals surface area contributed by atoms with E-state index < -0.39 is 0 Å². The lowest BCUT2D eigenvalue weighted by Gasteiger charge is -2.35.